The van der Waals surface area contributed by atoms with Crippen LogP contribution in [0.2, 0.25) is 0 Å². The van der Waals surface area contributed by atoms with Crippen LogP contribution < -0.4 is 4.72 Å². The van der Waals surface area contributed by atoms with Gasteiger partial charge in [-0.05, 0) is 15.9 Å². The maximum atomic E-state index is 12.0. The summed E-state index contributed by atoms with van der Waals surface area (Å²) in [5.41, 5.74) is -0.148. The quantitative estimate of drug-likeness (QED) is 0.634. The minimum absolute atomic E-state index is 0.0387. The molecule has 0 aliphatic rings. The molecule has 1 N–H and O–H groups in total. The minimum atomic E-state index is -3.83. The van der Waals surface area contributed by atoms with Crippen LogP contribution in [0.1, 0.15) is 5.56 Å². The molecular weight excluding hydrogens is 364 g/mol. The van der Waals surface area contributed by atoms with Gasteiger partial charge in [-0.15, -0.1) is 0 Å². The van der Waals surface area contributed by atoms with Gasteiger partial charge in [-0.2, -0.15) is 0 Å². The lowest BCUT2D eigenvalue weighted by atomic mass is 10.2. The first-order chi connectivity index (χ1) is 9.87. The highest BCUT2D eigenvalue weighted by Crippen LogP contribution is 2.20. The molecule has 1 heterocycles. The zero-order valence-electron chi connectivity index (χ0n) is 10.4. The van der Waals surface area contributed by atoms with E-state index in [2.05, 4.69) is 30.6 Å². The number of anilines is 1. The van der Waals surface area contributed by atoms with Gasteiger partial charge >= 0.3 is 0 Å². The number of benzene rings is 1. The lowest BCUT2D eigenvalue weighted by molar-refractivity contribution is -0.385. The summed E-state index contributed by atoms with van der Waals surface area (Å²) in [7, 11) is -3.83. The van der Waals surface area contributed by atoms with Gasteiger partial charge in [-0.1, -0.05) is 18.2 Å². The summed E-state index contributed by atoms with van der Waals surface area (Å²) in [5.74, 6) is -0.487. The summed E-state index contributed by atoms with van der Waals surface area (Å²) < 4.78 is 26.7. The summed E-state index contributed by atoms with van der Waals surface area (Å²) in [4.78, 5) is 17.9. The van der Waals surface area contributed by atoms with E-state index in [0.717, 1.165) is 0 Å². The van der Waals surface area contributed by atoms with Crippen molar-refractivity contribution in [2.75, 3.05) is 4.72 Å². The van der Waals surface area contributed by atoms with E-state index >= 15 is 0 Å². The number of sulfonamides is 1. The van der Waals surface area contributed by atoms with Gasteiger partial charge in [0.25, 0.3) is 5.69 Å². The molecule has 0 spiro atoms. The Hall–Kier alpha value is -2.07. The minimum Gasteiger partial charge on any atom is -0.266 e. The third kappa shape index (κ3) is 4.20. The van der Waals surface area contributed by atoms with E-state index in [1.807, 2.05) is 0 Å². The molecule has 0 radical (unpaired) electrons. The molecule has 0 aliphatic carbocycles. The summed E-state index contributed by atoms with van der Waals surface area (Å²) in [5, 5.41) is 10.9. The molecular formula is C11H9BrN4O4S. The van der Waals surface area contributed by atoms with Crippen molar-refractivity contribution < 1.29 is 13.3 Å². The second-order valence-electron chi connectivity index (χ2n) is 3.97. The van der Waals surface area contributed by atoms with Gasteiger partial charge in [0, 0.05) is 11.6 Å². The smallest absolute Gasteiger partial charge is 0.266 e. The monoisotopic (exact) mass is 372 g/mol. The van der Waals surface area contributed by atoms with E-state index in [1.54, 1.807) is 0 Å². The van der Waals surface area contributed by atoms with Gasteiger partial charge in [-0.3, -0.25) is 14.8 Å². The average molecular weight is 373 g/mol. The number of rotatable bonds is 5. The molecule has 0 amide bonds. The molecule has 2 rings (SSSR count). The topological polar surface area (TPSA) is 115 Å². The van der Waals surface area contributed by atoms with Gasteiger partial charge in [0.2, 0.25) is 10.0 Å². The Morgan fingerprint density at radius 2 is 1.95 bits per heavy atom. The molecule has 0 aliphatic heterocycles. The molecule has 1 aromatic carbocycles. The SMILES string of the molecule is O=[N+]([O-])c1ccccc1CS(=O)(=O)Nc1cnc(Br)cn1. The Balaban J connectivity index is 2.22. The Kier molecular flexibility index (Phi) is 4.48. The second kappa shape index (κ2) is 6.14. The molecule has 0 saturated carbocycles. The molecule has 2 aromatic rings. The number of halogens is 1. The Morgan fingerprint density at radius 1 is 1.24 bits per heavy atom. The van der Waals surface area contributed by atoms with Crippen molar-refractivity contribution in [1.29, 1.82) is 0 Å². The molecule has 0 saturated heterocycles. The largest absolute Gasteiger partial charge is 0.273 e. The fraction of sp³-hybridized carbons (Fsp3) is 0.0909. The molecule has 0 atom stereocenters. The summed E-state index contributed by atoms with van der Waals surface area (Å²) in [6.45, 7) is 0. The van der Waals surface area contributed by atoms with Gasteiger partial charge < -0.3 is 0 Å². The maximum absolute atomic E-state index is 12.0. The number of nitrogens with one attached hydrogen (secondary N) is 1. The molecule has 110 valence electrons. The zero-order chi connectivity index (χ0) is 15.5. The summed E-state index contributed by atoms with van der Waals surface area (Å²) in [6, 6.07) is 5.66. The van der Waals surface area contributed by atoms with Crippen molar-refractivity contribution in [3.8, 4) is 0 Å². The van der Waals surface area contributed by atoms with Crippen LogP contribution in [0.3, 0.4) is 0 Å². The number of para-hydroxylation sites is 1. The van der Waals surface area contributed by atoms with Crippen LogP contribution in [0.5, 0.6) is 0 Å². The summed E-state index contributed by atoms with van der Waals surface area (Å²) >= 11 is 3.08. The normalized spacial score (nSPS) is 11.1. The molecule has 1 aromatic heterocycles. The predicted molar refractivity (Wildman–Crippen MR) is 79.1 cm³/mol. The number of hydrogen-bond acceptors (Lipinski definition) is 6. The second-order valence-corrected chi connectivity index (χ2v) is 6.51. The Labute approximate surface area is 128 Å². The van der Waals surface area contributed by atoms with Crippen molar-refractivity contribution >= 4 is 37.5 Å². The van der Waals surface area contributed by atoms with E-state index in [1.165, 1.54) is 36.7 Å². The van der Waals surface area contributed by atoms with Crippen molar-refractivity contribution in [3.05, 3.63) is 56.9 Å². The first-order valence-corrected chi connectivity index (χ1v) is 8.02. The highest BCUT2D eigenvalue weighted by atomic mass is 79.9. The highest BCUT2D eigenvalue weighted by molar-refractivity contribution is 9.10. The van der Waals surface area contributed by atoms with E-state index in [9.17, 15) is 18.5 Å². The number of aromatic nitrogens is 2. The van der Waals surface area contributed by atoms with Crippen molar-refractivity contribution in [2.24, 2.45) is 0 Å². The zero-order valence-corrected chi connectivity index (χ0v) is 12.8. The van der Waals surface area contributed by atoms with E-state index in [-0.39, 0.29) is 17.1 Å². The molecule has 0 unspecified atom stereocenters. The predicted octanol–water partition coefficient (Wildman–Crippen LogP) is 2.09. The van der Waals surface area contributed by atoms with Crippen LogP contribution in [0.15, 0.2) is 41.3 Å². The van der Waals surface area contributed by atoms with Crippen LogP contribution in [0.25, 0.3) is 0 Å². The van der Waals surface area contributed by atoms with Crippen LogP contribution in [0, 0.1) is 10.1 Å². The fourth-order valence-electron chi connectivity index (χ4n) is 1.58. The number of nitrogens with zero attached hydrogens (tertiary/aromatic N) is 3. The van der Waals surface area contributed by atoms with E-state index in [4.69, 9.17) is 0 Å². The van der Waals surface area contributed by atoms with Crippen molar-refractivity contribution in [1.82, 2.24) is 9.97 Å². The summed E-state index contributed by atoms with van der Waals surface area (Å²) in [6.07, 6.45) is 2.57. The average Bonchev–Trinajstić information content (AvgIpc) is 2.41. The van der Waals surface area contributed by atoms with E-state index in [0.29, 0.717) is 4.60 Å². The molecule has 8 nitrogen and oxygen atoms in total. The fourth-order valence-corrected chi connectivity index (χ4v) is 2.93. The van der Waals surface area contributed by atoms with Crippen LogP contribution in [0.4, 0.5) is 11.5 Å². The highest BCUT2D eigenvalue weighted by Gasteiger charge is 2.20. The molecule has 0 bridgehead atoms. The standard InChI is InChI=1S/C11H9BrN4O4S/c12-10-5-14-11(6-13-10)15-21(19,20)7-8-3-1-2-4-9(8)16(17)18/h1-6H,7H2,(H,14,15). The van der Waals surface area contributed by atoms with Gasteiger partial charge in [0.1, 0.15) is 10.4 Å². The maximum Gasteiger partial charge on any atom is 0.273 e. The first kappa shape index (κ1) is 15.3. The van der Waals surface area contributed by atoms with Crippen LogP contribution in [-0.2, 0) is 15.8 Å². The third-order valence-electron chi connectivity index (χ3n) is 2.41. The lowest BCUT2D eigenvalue weighted by Gasteiger charge is -2.07. The van der Waals surface area contributed by atoms with Gasteiger partial charge in [-0.25, -0.2) is 18.4 Å². The lowest BCUT2D eigenvalue weighted by Crippen LogP contribution is -2.16. The molecule has 21 heavy (non-hydrogen) atoms. The molecule has 0 fully saturated rings. The number of nitro groups is 1. The molecule has 10 heteroatoms. The number of nitro benzene ring substituents is 1. The van der Waals surface area contributed by atoms with Crippen molar-refractivity contribution in [3.63, 3.8) is 0 Å². The van der Waals surface area contributed by atoms with Gasteiger partial charge in [0.05, 0.1) is 17.3 Å². The van der Waals surface area contributed by atoms with E-state index < -0.39 is 20.7 Å². The number of hydrogen-bond donors (Lipinski definition) is 1. The Morgan fingerprint density at radius 3 is 2.57 bits per heavy atom. The third-order valence-corrected chi connectivity index (χ3v) is 4.03. The van der Waals surface area contributed by atoms with Crippen molar-refractivity contribution in [2.45, 2.75) is 5.75 Å². The Bertz CT molecular complexity index is 764. The van der Waals surface area contributed by atoms with Crippen LogP contribution in [-0.4, -0.2) is 23.3 Å². The van der Waals surface area contributed by atoms with Crippen LogP contribution >= 0.6 is 15.9 Å². The van der Waals surface area contributed by atoms with Gasteiger partial charge in [0.15, 0.2) is 5.82 Å². The first-order valence-electron chi connectivity index (χ1n) is 5.58.